The fourth-order valence-electron chi connectivity index (χ4n) is 1.90. The van der Waals surface area contributed by atoms with Crippen LogP contribution >= 0.6 is 11.3 Å². The number of thiazole rings is 1. The van der Waals surface area contributed by atoms with E-state index in [4.69, 9.17) is 5.84 Å². The largest absolute Gasteiger partial charge is 0.352 e. The van der Waals surface area contributed by atoms with Crippen molar-refractivity contribution >= 4 is 22.9 Å². The molecular weight excluding hydrogens is 272 g/mol. The monoisotopic (exact) mass is 290 g/mol. The molecule has 1 amide bonds. The molecule has 0 saturated carbocycles. The summed E-state index contributed by atoms with van der Waals surface area (Å²) in [5.74, 6) is 5.27. The van der Waals surface area contributed by atoms with Gasteiger partial charge in [-0.05, 0) is 37.6 Å². The van der Waals surface area contributed by atoms with E-state index in [2.05, 4.69) is 15.7 Å². The summed E-state index contributed by atoms with van der Waals surface area (Å²) in [7, 11) is 0. The number of nitrogens with one attached hydrogen (secondary N) is 2. The van der Waals surface area contributed by atoms with Gasteiger partial charge in [0.1, 0.15) is 0 Å². The number of nitrogens with zero attached hydrogens (tertiary/aromatic N) is 1. The highest BCUT2D eigenvalue weighted by molar-refractivity contribution is 7.09. The molecule has 0 radical (unpaired) electrons. The van der Waals surface area contributed by atoms with Crippen molar-refractivity contribution in [1.82, 2.24) is 10.3 Å². The van der Waals surface area contributed by atoms with Crippen LogP contribution in [0.5, 0.6) is 0 Å². The molecule has 6 heteroatoms. The van der Waals surface area contributed by atoms with Crippen molar-refractivity contribution in [3.8, 4) is 0 Å². The lowest BCUT2D eigenvalue weighted by atomic mass is 10.1. The van der Waals surface area contributed by atoms with Crippen molar-refractivity contribution in [3.63, 3.8) is 0 Å². The lowest BCUT2D eigenvalue weighted by molar-refractivity contribution is 0.0953. The minimum absolute atomic E-state index is 0.0700. The summed E-state index contributed by atoms with van der Waals surface area (Å²) in [5.41, 5.74) is 5.93. The van der Waals surface area contributed by atoms with Crippen LogP contribution in [0.15, 0.2) is 23.6 Å². The summed E-state index contributed by atoms with van der Waals surface area (Å²) in [4.78, 5) is 16.4. The van der Waals surface area contributed by atoms with Crippen molar-refractivity contribution in [2.45, 2.75) is 20.3 Å². The Morgan fingerprint density at radius 1 is 1.40 bits per heavy atom. The number of rotatable bonds is 5. The predicted octanol–water partition coefficient (Wildman–Crippen LogP) is 2.02. The van der Waals surface area contributed by atoms with Crippen LogP contribution < -0.4 is 16.6 Å². The summed E-state index contributed by atoms with van der Waals surface area (Å²) in [6.07, 6.45) is 0.756. The van der Waals surface area contributed by atoms with Gasteiger partial charge in [-0.2, -0.15) is 0 Å². The zero-order chi connectivity index (χ0) is 14.5. The molecule has 4 N–H and O–H groups in total. The molecule has 1 heterocycles. The Kier molecular flexibility index (Phi) is 4.70. The number of hydrogen-bond acceptors (Lipinski definition) is 5. The fourth-order valence-corrected chi connectivity index (χ4v) is 2.68. The van der Waals surface area contributed by atoms with E-state index in [1.165, 1.54) is 0 Å². The molecule has 0 spiro atoms. The van der Waals surface area contributed by atoms with Gasteiger partial charge in [0, 0.05) is 35.3 Å². The van der Waals surface area contributed by atoms with E-state index in [0.717, 1.165) is 28.4 Å². The quantitative estimate of drug-likeness (QED) is 0.581. The molecule has 1 aromatic heterocycles. The number of benzene rings is 1. The molecule has 5 nitrogen and oxygen atoms in total. The summed E-state index contributed by atoms with van der Waals surface area (Å²) in [6, 6.07) is 5.40. The van der Waals surface area contributed by atoms with Gasteiger partial charge in [-0.3, -0.25) is 10.6 Å². The number of hydrazine groups is 1. The van der Waals surface area contributed by atoms with E-state index in [-0.39, 0.29) is 5.91 Å². The molecule has 0 aliphatic rings. The Labute approximate surface area is 122 Å². The average molecular weight is 290 g/mol. The number of hydrogen-bond donors (Lipinski definition) is 3. The van der Waals surface area contributed by atoms with Gasteiger partial charge in [-0.15, -0.1) is 11.3 Å². The van der Waals surface area contributed by atoms with Crippen LogP contribution in [0.4, 0.5) is 5.69 Å². The van der Waals surface area contributed by atoms with Crippen molar-refractivity contribution < 1.29 is 4.79 Å². The molecule has 0 unspecified atom stereocenters. The topological polar surface area (TPSA) is 80.0 Å². The van der Waals surface area contributed by atoms with Gasteiger partial charge < -0.3 is 10.7 Å². The number of carbonyl (C=O) groups excluding carboxylic acids is 1. The van der Waals surface area contributed by atoms with Crippen LogP contribution in [0.1, 0.15) is 26.6 Å². The van der Waals surface area contributed by atoms with E-state index in [9.17, 15) is 4.79 Å². The van der Waals surface area contributed by atoms with Crippen molar-refractivity contribution in [3.05, 3.63) is 45.4 Å². The van der Waals surface area contributed by atoms with Gasteiger partial charge in [-0.25, -0.2) is 4.98 Å². The lowest BCUT2D eigenvalue weighted by Gasteiger charge is -2.08. The first kappa shape index (κ1) is 14.5. The molecule has 0 bridgehead atoms. The first-order valence-electron chi connectivity index (χ1n) is 6.36. The smallest absolute Gasteiger partial charge is 0.251 e. The highest BCUT2D eigenvalue weighted by Crippen LogP contribution is 2.14. The van der Waals surface area contributed by atoms with Crippen LogP contribution in [0, 0.1) is 13.8 Å². The molecule has 0 aliphatic heterocycles. The van der Waals surface area contributed by atoms with Crippen LogP contribution in [0.25, 0.3) is 0 Å². The third-order valence-corrected chi connectivity index (χ3v) is 3.96. The number of nitrogens with two attached hydrogens (primary N) is 1. The number of aromatic nitrogens is 1. The maximum Gasteiger partial charge on any atom is 0.251 e. The predicted molar refractivity (Wildman–Crippen MR) is 81.9 cm³/mol. The molecule has 0 fully saturated rings. The summed E-state index contributed by atoms with van der Waals surface area (Å²) < 4.78 is 0. The molecule has 20 heavy (non-hydrogen) atoms. The summed E-state index contributed by atoms with van der Waals surface area (Å²) in [5, 5.41) is 5.97. The molecule has 1 aromatic carbocycles. The van der Waals surface area contributed by atoms with Crippen LogP contribution in [-0.2, 0) is 6.42 Å². The first-order valence-corrected chi connectivity index (χ1v) is 7.24. The summed E-state index contributed by atoms with van der Waals surface area (Å²) in [6.45, 7) is 4.44. The minimum atomic E-state index is -0.0700. The van der Waals surface area contributed by atoms with Crippen molar-refractivity contribution in [2.75, 3.05) is 12.0 Å². The molecule has 106 valence electrons. The minimum Gasteiger partial charge on any atom is -0.352 e. The SMILES string of the molecule is Cc1csc(CCNC(=O)c2ccc(NN)cc2C)n1. The van der Waals surface area contributed by atoms with Crippen LogP contribution in [0.2, 0.25) is 0 Å². The normalized spacial score (nSPS) is 10.3. The van der Waals surface area contributed by atoms with E-state index in [1.807, 2.05) is 25.3 Å². The van der Waals surface area contributed by atoms with Gasteiger partial charge in [0.2, 0.25) is 0 Å². The molecule has 0 atom stereocenters. The highest BCUT2D eigenvalue weighted by Gasteiger charge is 2.09. The first-order chi connectivity index (χ1) is 9.60. The van der Waals surface area contributed by atoms with Crippen LogP contribution in [-0.4, -0.2) is 17.4 Å². The van der Waals surface area contributed by atoms with E-state index < -0.39 is 0 Å². The standard InChI is InChI=1S/C14H18N4OS/c1-9-7-11(18-15)3-4-12(9)14(19)16-6-5-13-17-10(2)8-20-13/h3-4,7-8,18H,5-6,15H2,1-2H3,(H,16,19). The highest BCUT2D eigenvalue weighted by atomic mass is 32.1. The van der Waals surface area contributed by atoms with Gasteiger partial charge in [0.05, 0.1) is 5.01 Å². The zero-order valence-corrected chi connectivity index (χ0v) is 12.4. The van der Waals surface area contributed by atoms with Gasteiger partial charge in [0.15, 0.2) is 0 Å². The van der Waals surface area contributed by atoms with E-state index >= 15 is 0 Å². The summed E-state index contributed by atoms with van der Waals surface area (Å²) >= 11 is 1.62. The number of nitrogen functional groups attached to an aromatic ring is 1. The van der Waals surface area contributed by atoms with E-state index in [1.54, 1.807) is 23.5 Å². The Morgan fingerprint density at radius 3 is 2.80 bits per heavy atom. The van der Waals surface area contributed by atoms with E-state index in [0.29, 0.717) is 12.1 Å². The maximum atomic E-state index is 12.1. The third kappa shape index (κ3) is 3.55. The average Bonchev–Trinajstić information content (AvgIpc) is 2.84. The second-order valence-electron chi connectivity index (χ2n) is 4.56. The van der Waals surface area contributed by atoms with Gasteiger partial charge >= 0.3 is 0 Å². The fraction of sp³-hybridized carbons (Fsp3) is 0.286. The zero-order valence-electron chi connectivity index (χ0n) is 11.6. The van der Waals surface area contributed by atoms with Crippen molar-refractivity contribution in [1.29, 1.82) is 0 Å². The molecular formula is C14H18N4OS. The molecule has 0 aliphatic carbocycles. The second kappa shape index (κ2) is 6.49. The lowest BCUT2D eigenvalue weighted by Crippen LogP contribution is -2.26. The maximum absolute atomic E-state index is 12.1. The number of amides is 1. The van der Waals surface area contributed by atoms with Crippen molar-refractivity contribution in [2.24, 2.45) is 5.84 Å². The third-order valence-electron chi connectivity index (χ3n) is 2.93. The second-order valence-corrected chi connectivity index (χ2v) is 5.51. The number of aryl methyl sites for hydroxylation is 2. The number of carbonyl (C=O) groups is 1. The Bertz CT molecular complexity index is 609. The van der Waals surface area contributed by atoms with Gasteiger partial charge in [0.25, 0.3) is 5.91 Å². The molecule has 0 saturated heterocycles. The Morgan fingerprint density at radius 2 is 2.20 bits per heavy atom. The molecule has 2 aromatic rings. The van der Waals surface area contributed by atoms with Gasteiger partial charge in [-0.1, -0.05) is 0 Å². The Balaban J connectivity index is 1.91. The van der Waals surface area contributed by atoms with Crippen LogP contribution in [0.3, 0.4) is 0 Å². The molecule has 2 rings (SSSR count). The number of anilines is 1. The Hall–Kier alpha value is -1.92.